The molecule has 0 aromatic carbocycles. The van der Waals surface area contributed by atoms with E-state index in [1.54, 1.807) is 29.7 Å². The number of aryl methyl sites for hydroxylation is 1. The number of azo groups is 1. The second-order valence-corrected chi connectivity index (χ2v) is 5.45. The lowest BCUT2D eigenvalue weighted by Gasteiger charge is -2.09. The standard InChI is InChI=1S/C15H12N8O3/c1-8-17-15(26-22-8)9-3-2-6-23-11(19-21-13(9)23)7-16-14(25)10-4-5-12(24)20-18-10/h2-6,10H,7H2,1H3,(H,16,25). The molecule has 1 aliphatic heterocycles. The molecule has 3 aromatic rings. The van der Waals surface area contributed by atoms with Gasteiger partial charge in [-0.25, -0.2) is 0 Å². The lowest BCUT2D eigenvalue weighted by Crippen LogP contribution is -2.33. The van der Waals surface area contributed by atoms with E-state index in [2.05, 4.69) is 35.9 Å². The van der Waals surface area contributed by atoms with Crippen LogP contribution < -0.4 is 5.32 Å². The van der Waals surface area contributed by atoms with Crippen LogP contribution in [0.1, 0.15) is 11.6 Å². The molecule has 11 heteroatoms. The first-order chi connectivity index (χ1) is 12.6. The van der Waals surface area contributed by atoms with E-state index in [9.17, 15) is 9.59 Å². The van der Waals surface area contributed by atoms with E-state index in [0.717, 1.165) is 0 Å². The highest BCUT2D eigenvalue weighted by Gasteiger charge is 2.20. The van der Waals surface area contributed by atoms with E-state index in [1.165, 1.54) is 12.2 Å². The number of rotatable bonds is 4. The summed E-state index contributed by atoms with van der Waals surface area (Å²) in [5, 5.41) is 21.7. The van der Waals surface area contributed by atoms with Crippen molar-refractivity contribution in [3.8, 4) is 11.5 Å². The molecule has 0 bridgehead atoms. The summed E-state index contributed by atoms with van der Waals surface area (Å²) >= 11 is 0. The van der Waals surface area contributed by atoms with Gasteiger partial charge in [0.2, 0.25) is 0 Å². The van der Waals surface area contributed by atoms with Gasteiger partial charge in [-0.1, -0.05) is 5.16 Å². The van der Waals surface area contributed by atoms with Gasteiger partial charge in [-0.2, -0.15) is 10.1 Å². The topological polar surface area (TPSA) is 140 Å². The molecule has 11 nitrogen and oxygen atoms in total. The fourth-order valence-corrected chi connectivity index (χ4v) is 2.43. The molecule has 0 radical (unpaired) electrons. The summed E-state index contributed by atoms with van der Waals surface area (Å²) in [6.45, 7) is 1.85. The molecule has 26 heavy (non-hydrogen) atoms. The summed E-state index contributed by atoms with van der Waals surface area (Å²) in [7, 11) is 0. The molecule has 130 valence electrons. The maximum atomic E-state index is 12.1. The predicted molar refractivity (Wildman–Crippen MR) is 85.7 cm³/mol. The Morgan fingerprint density at radius 1 is 1.38 bits per heavy atom. The smallest absolute Gasteiger partial charge is 0.287 e. The number of aromatic nitrogens is 5. The van der Waals surface area contributed by atoms with Crippen LogP contribution in [-0.2, 0) is 16.1 Å². The average molecular weight is 352 g/mol. The molecule has 0 aliphatic carbocycles. The van der Waals surface area contributed by atoms with Gasteiger partial charge in [0.15, 0.2) is 23.3 Å². The van der Waals surface area contributed by atoms with E-state index in [-0.39, 0.29) is 6.54 Å². The second kappa shape index (κ2) is 6.27. The van der Waals surface area contributed by atoms with Gasteiger partial charge >= 0.3 is 0 Å². The fourth-order valence-electron chi connectivity index (χ4n) is 2.43. The van der Waals surface area contributed by atoms with Gasteiger partial charge in [0, 0.05) is 12.3 Å². The number of nitrogens with zero attached hydrogens (tertiary/aromatic N) is 7. The Morgan fingerprint density at radius 3 is 3.00 bits per heavy atom. The lowest BCUT2D eigenvalue weighted by molar-refractivity contribution is -0.121. The lowest BCUT2D eigenvalue weighted by atomic mass is 10.2. The number of nitrogens with one attached hydrogen (secondary N) is 1. The van der Waals surface area contributed by atoms with Crippen molar-refractivity contribution in [3.05, 3.63) is 42.1 Å². The molecule has 4 rings (SSSR count). The minimum atomic E-state index is -0.830. The Balaban J connectivity index is 1.55. The molecule has 0 fully saturated rings. The Kier molecular flexibility index (Phi) is 3.80. The Bertz CT molecular complexity index is 1050. The van der Waals surface area contributed by atoms with E-state index < -0.39 is 17.9 Å². The summed E-state index contributed by atoms with van der Waals surface area (Å²) in [5.74, 6) is 0.495. The van der Waals surface area contributed by atoms with Gasteiger partial charge in [-0.05, 0) is 25.1 Å². The van der Waals surface area contributed by atoms with Crippen LogP contribution in [0.4, 0.5) is 0 Å². The third kappa shape index (κ3) is 2.85. The van der Waals surface area contributed by atoms with Crippen LogP contribution in [0.3, 0.4) is 0 Å². The highest BCUT2D eigenvalue weighted by atomic mass is 16.5. The van der Waals surface area contributed by atoms with Gasteiger partial charge in [0.25, 0.3) is 17.7 Å². The largest absolute Gasteiger partial charge is 0.347 e. The van der Waals surface area contributed by atoms with Crippen LogP contribution in [0.15, 0.2) is 45.2 Å². The first-order valence-electron chi connectivity index (χ1n) is 7.66. The molecule has 0 saturated heterocycles. The molecule has 4 heterocycles. The number of hydrogen-bond acceptors (Lipinski definition) is 8. The van der Waals surface area contributed by atoms with Crippen LogP contribution in [0, 0.1) is 6.92 Å². The SMILES string of the molecule is Cc1noc(-c2cccn3c(CNC(=O)C4C=CC(=O)N=N4)nnc23)n1. The summed E-state index contributed by atoms with van der Waals surface area (Å²) < 4.78 is 6.90. The van der Waals surface area contributed by atoms with E-state index in [4.69, 9.17) is 4.52 Å². The van der Waals surface area contributed by atoms with E-state index >= 15 is 0 Å². The van der Waals surface area contributed by atoms with E-state index in [0.29, 0.717) is 28.8 Å². The van der Waals surface area contributed by atoms with Crippen LogP contribution in [0.2, 0.25) is 0 Å². The molecular formula is C15H12N8O3. The van der Waals surface area contributed by atoms with Crippen molar-refractivity contribution < 1.29 is 14.1 Å². The zero-order chi connectivity index (χ0) is 18.1. The van der Waals surface area contributed by atoms with Crippen LogP contribution in [0.25, 0.3) is 17.1 Å². The Hall–Kier alpha value is -3.76. The van der Waals surface area contributed by atoms with Crippen molar-refractivity contribution in [2.24, 2.45) is 10.2 Å². The van der Waals surface area contributed by atoms with Crippen LogP contribution >= 0.6 is 0 Å². The number of pyridine rings is 1. The number of fused-ring (bicyclic) bond motifs is 1. The fraction of sp³-hybridized carbons (Fsp3) is 0.200. The monoisotopic (exact) mass is 352 g/mol. The van der Waals surface area contributed by atoms with Gasteiger partial charge in [0.1, 0.15) is 0 Å². The van der Waals surface area contributed by atoms with Gasteiger partial charge in [-0.15, -0.1) is 15.3 Å². The van der Waals surface area contributed by atoms with Crippen molar-refractivity contribution in [2.75, 3.05) is 0 Å². The predicted octanol–water partition coefficient (Wildman–Crippen LogP) is 0.621. The molecule has 2 amide bonds. The summed E-state index contributed by atoms with van der Waals surface area (Å²) in [4.78, 5) is 27.3. The highest BCUT2D eigenvalue weighted by molar-refractivity contribution is 5.92. The molecule has 1 N–H and O–H groups in total. The molecular weight excluding hydrogens is 340 g/mol. The first-order valence-corrected chi connectivity index (χ1v) is 7.66. The average Bonchev–Trinajstić information content (AvgIpc) is 3.26. The molecule has 0 spiro atoms. The Labute approximate surface area is 145 Å². The number of amides is 2. The van der Waals surface area contributed by atoms with Crippen molar-refractivity contribution in [2.45, 2.75) is 19.5 Å². The van der Waals surface area contributed by atoms with Crippen LogP contribution in [0.5, 0.6) is 0 Å². The third-order valence-corrected chi connectivity index (χ3v) is 3.65. The van der Waals surface area contributed by atoms with Crippen molar-refractivity contribution in [3.63, 3.8) is 0 Å². The number of carbonyl (C=O) groups is 2. The number of carbonyl (C=O) groups excluding carboxylic acids is 2. The molecule has 1 unspecified atom stereocenters. The second-order valence-electron chi connectivity index (χ2n) is 5.45. The highest BCUT2D eigenvalue weighted by Crippen LogP contribution is 2.22. The zero-order valence-corrected chi connectivity index (χ0v) is 13.5. The maximum absolute atomic E-state index is 12.1. The summed E-state index contributed by atoms with van der Waals surface area (Å²) in [6.07, 6.45) is 4.37. The molecule has 1 atom stereocenters. The quantitative estimate of drug-likeness (QED) is 0.725. The minimum Gasteiger partial charge on any atom is -0.347 e. The zero-order valence-electron chi connectivity index (χ0n) is 13.5. The van der Waals surface area contributed by atoms with Crippen molar-refractivity contribution >= 4 is 17.5 Å². The summed E-state index contributed by atoms with van der Waals surface area (Å²) in [5.41, 5.74) is 1.17. The molecule has 0 saturated carbocycles. The van der Waals surface area contributed by atoms with Gasteiger partial charge in [0.05, 0.1) is 12.1 Å². The molecule has 3 aromatic heterocycles. The van der Waals surface area contributed by atoms with Gasteiger partial charge < -0.3 is 9.84 Å². The molecule has 1 aliphatic rings. The van der Waals surface area contributed by atoms with E-state index in [1.807, 2.05) is 0 Å². The maximum Gasteiger partial charge on any atom is 0.287 e. The van der Waals surface area contributed by atoms with Crippen LogP contribution in [-0.4, -0.2) is 42.6 Å². The third-order valence-electron chi connectivity index (χ3n) is 3.65. The van der Waals surface area contributed by atoms with Crippen molar-refractivity contribution in [1.82, 2.24) is 30.1 Å². The first kappa shape index (κ1) is 15.7. The number of hydrogen-bond donors (Lipinski definition) is 1. The normalized spacial score (nSPS) is 16.3. The van der Waals surface area contributed by atoms with Crippen molar-refractivity contribution in [1.29, 1.82) is 0 Å². The van der Waals surface area contributed by atoms with Gasteiger partial charge in [-0.3, -0.25) is 14.0 Å². The minimum absolute atomic E-state index is 0.125. The Morgan fingerprint density at radius 2 is 2.27 bits per heavy atom. The summed E-state index contributed by atoms with van der Waals surface area (Å²) in [6, 6.07) is 2.76.